The third-order valence-electron chi connectivity index (χ3n) is 4.74. The first-order valence-electron chi connectivity index (χ1n) is 9.07. The molecule has 29 heavy (non-hydrogen) atoms. The van der Waals surface area contributed by atoms with Crippen molar-refractivity contribution < 1.29 is 27.8 Å². The number of carbonyl (C=O) groups is 1. The van der Waals surface area contributed by atoms with Crippen molar-refractivity contribution in [1.29, 1.82) is 0 Å². The number of carboxylic acids is 1. The second-order valence-corrected chi connectivity index (χ2v) is 9.99. The molecule has 0 atom stereocenters. The predicted molar refractivity (Wildman–Crippen MR) is 109 cm³/mol. The summed E-state index contributed by atoms with van der Waals surface area (Å²) in [6, 6.07) is 8.82. The number of sulfonamides is 1. The summed E-state index contributed by atoms with van der Waals surface area (Å²) in [5, 5.41) is 8.87. The summed E-state index contributed by atoms with van der Waals surface area (Å²) >= 11 is 1.02. The molecule has 1 aromatic heterocycles. The molecular formula is C19H24N2O6S2. The van der Waals surface area contributed by atoms with Gasteiger partial charge in [0, 0.05) is 37.6 Å². The van der Waals surface area contributed by atoms with Gasteiger partial charge in [0.05, 0.1) is 20.6 Å². The molecular weight excluding hydrogens is 416 g/mol. The van der Waals surface area contributed by atoms with Crippen LogP contribution in [0.15, 0.2) is 34.5 Å². The Morgan fingerprint density at radius 3 is 2.38 bits per heavy atom. The van der Waals surface area contributed by atoms with Crippen molar-refractivity contribution >= 4 is 27.3 Å². The highest BCUT2D eigenvalue weighted by Crippen LogP contribution is 2.29. The Morgan fingerprint density at radius 2 is 1.76 bits per heavy atom. The average molecular weight is 441 g/mol. The molecule has 0 radical (unpaired) electrons. The standard InChI is InChI=1S/C19H24N2O6S2/c1-26-16-5-3-14(11-17(16)27-2)13-20-7-9-21(10-8-20)29(24,25)19-6-4-15(28-19)12-18(22)23/h3-6,11H,7-10,12-13H2,1-2H3,(H,22,23). The van der Waals surface area contributed by atoms with E-state index in [0.29, 0.717) is 49.1 Å². The number of hydrogen-bond acceptors (Lipinski definition) is 7. The fraction of sp³-hybridized carbons (Fsp3) is 0.421. The summed E-state index contributed by atoms with van der Waals surface area (Å²) in [4.78, 5) is 13.5. The zero-order valence-corrected chi connectivity index (χ0v) is 18.0. The van der Waals surface area contributed by atoms with Crippen LogP contribution in [0.2, 0.25) is 0 Å². The first-order valence-corrected chi connectivity index (χ1v) is 11.3. The molecule has 0 bridgehead atoms. The lowest BCUT2D eigenvalue weighted by Gasteiger charge is -2.33. The maximum absolute atomic E-state index is 12.8. The second kappa shape index (κ2) is 9.12. The quantitative estimate of drug-likeness (QED) is 0.670. The molecule has 0 unspecified atom stereocenters. The summed E-state index contributed by atoms with van der Waals surface area (Å²) < 4.78 is 37.9. The number of nitrogens with zero attached hydrogens (tertiary/aromatic N) is 2. The van der Waals surface area contributed by atoms with Crippen LogP contribution in [0.1, 0.15) is 10.4 Å². The van der Waals surface area contributed by atoms with Crippen LogP contribution in [-0.2, 0) is 27.8 Å². The first kappa shape index (κ1) is 21.6. The highest BCUT2D eigenvalue weighted by Gasteiger charge is 2.30. The van der Waals surface area contributed by atoms with Gasteiger partial charge in [-0.25, -0.2) is 8.42 Å². The minimum atomic E-state index is -3.60. The highest BCUT2D eigenvalue weighted by atomic mass is 32.2. The number of piperazine rings is 1. The van der Waals surface area contributed by atoms with E-state index in [1.165, 1.54) is 10.4 Å². The van der Waals surface area contributed by atoms with Gasteiger partial charge < -0.3 is 14.6 Å². The topological polar surface area (TPSA) is 96.4 Å². The number of thiophene rings is 1. The third kappa shape index (κ3) is 5.08. The summed E-state index contributed by atoms with van der Waals surface area (Å²) in [5.74, 6) is 0.367. The maximum atomic E-state index is 12.8. The fourth-order valence-electron chi connectivity index (χ4n) is 3.23. The van der Waals surface area contributed by atoms with Crippen LogP contribution in [0.25, 0.3) is 0 Å². The zero-order valence-electron chi connectivity index (χ0n) is 16.3. The Morgan fingerprint density at radius 1 is 1.07 bits per heavy atom. The Kier molecular flexibility index (Phi) is 6.78. The summed E-state index contributed by atoms with van der Waals surface area (Å²) in [7, 11) is -0.410. The summed E-state index contributed by atoms with van der Waals surface area (Å²) in [5.41, 5.74) is 1.07. The molecule has 0 spiro atoms. The average Bonchev–Trinajstić information content (AvgIpc) is 3.17. The lowest BCUT2D eigenvalue weighted by atomic mass is 10.1. The van der Waals surface area contributed by atoms with E-state index in [4.69, 9.17) is 14.6 Å². The highest BCUT2D eigenvalue weighted by molar-refractivity contribution is 7.91. The Labute approximate surface area is 174 Å². The number of rotatable bonds is 8. The van der Waals surface area contributed by atoms with Gasteiger partial charge >= 0.3 is 5.97 Å². The molecule has 1 fully saturated rings. The van der Waals surface area contributed by atoms with Gasteiger partial charge in [0.2, 0.25) is 0 Å². The van der Waals surface area contributed by atoms with Crippen molar-refractivity contribution in [3.63, 3.8) is 0 Å². The van der Waals surface area contributed by atoms with Gasteiger partial charge in [0.15, 0.2) is 11.5 Å². The summed E-state index contributed by atoms with van der Waals surface area (Å²) in [6.45, 7) is 2.70. The van der Waals surface area contributed by atoms with Crippen LogP contribution in [0, 0.1) is 0 Å². The van der Waals surface area contributed by atoms with E-state index in [0.717, 1.165) is 16.9 Å². The molecule has 10 heteroatoms. The van der Waals surface area contributed by atoms with E-state index in [-0.39, 0.29) is 10.6 Å². The summed E-state index contributed by atoms with van der Waals surface area (Å²) in [6.07, 6.45) is -0.167. The SMILES string of the molecule is COc1ccc(CN2CCN(S(=O)(=O)c3ccc(CC(=O)O)s3)CC2)cc1OC. The molecule has 1 aliphatic rings. The molecule has 3 rings (SSSR count). The van der Waals surface area contributed by atoms with Crippen molar-refractivity contribution in [2.24, 2.45) is 0 Å². The zero-order chi connectivity index (χ0) is 21.0. The molecule has 1 saturated heterocycles. The molecule has 0 amide bonds. The van der Waals surface area contributed by atoms with Crippen molar-refractivity contribution in [1.82, 2.24) is 9.21 Å². The number of ether oxygens (including phenoxy) is 2. The van der Waals surface area contributed by atoms with Crippen LogP contribution in [0.3, 0.4) is 0 Å². The van der Waals surface area contributed by atoms with Gasteiger partial charge in [-0.15, -0.1) is 11.3 Å². The fourth-order valence-corrected chi connectivity index (χ4v) is 6.16. The van der Waals surface area contributed by atoms with E-state index in [1.807, 2.05) is 18.2 Å². The smallest absolute Gasteiger partial charge is 0.308 e. The van der Waals surface area contributed by atoms with E-state index >= 15 is 0 Å². The second-order valence-electron chi connectivity index (χ2n) is 6.66. The van der Waals surface area contributed by atoms with E-state index in [1.54, 1.807) is 20.3 Å². The van der Waals surface area contributed by atoms with E-state index in [2.05, 4.69) is 4.90 Å². The van der Waals surface area contributed by atoms with Crippen molar-refractivity contribution in [3.05, 3.63) is 40.8 Å². The molecule has 8 nitrogen and oxygen atoms in total. The van der Waals surface area contributed by atoms with Gasteiger partial charge in [-0.3, -0.25) is 9.69 Å². The molecule has 1 aromatic carbocycles. The minimum Gasteiger partial charge on any atom is -0.493 e. The van der Waals surface area contributed by atoms with Crippen molar-refractivity contribution in [3.8, 4) is 11.5 Å². The number of benzene rings is 1. The van der Waals surface area contributed by atoms with Crippen LogP contribution in [0.5, 0.6) is 11.5 Å². The first-order chi connectivity index (χ1) is 13.8. The van der Waals surface area contributed by atoms with Crippen LogP contribution < -0.4 is 9.47 Å². The van der Waals surface area contributed by atoms with Crippen LogP contribution in [0.4, 0.5) is 0 Å². The Balaban J connectivity index is 1.61. The Hall–Kier alpha value is -2.14. The van der Waals surface area contributed by atoms with Gasteiger partial charge in [0.1, 0.15) is 4.21 Å². The van der Waals surface area contributed by atoms with E-state index in [9.17, 15) is 13.2 Å². The van der Waals surface area contributed by atoms with Crippen molar-refractivity contribution in [2.45, 2.75) is 17.2 Å². The lowest BCUT2D eigenvalue weighted by molar-refractivity contribution is -0.136. The number of carboxylic acid groups (broad SMARTS) is 1. The number of aliphatic carboxylic acids is 1. The van der Waals surface area contributed by atoms with Crippen LogP contribution in [-0.4, -0.2) is 69.1 Å². The maximum Gasteiger partial charge on any atom is 0.308 e. The normalized spacial score (nSPS) is 15.9. The minimum absolute atomic E-state index is 0.167. The molecule has 1 aliphatic heterocycles. The van der Waals surface area contributed by atoms with Gasteiger partial charge in [-0.1, -0.05) is 6.07 Å². The van der Waals surface area contributed by atoms with E-state index < -0.39 is 16.0 Å². The molecule has 2 aromatic rings. The van der Waals surface area contributed by atoms with Crippen LogP contribution >= 0.6 is 11.3 Å². The van der Waals surface area contributed by atoms with Crippen molar-refractivity contribution in [2.75, 3.05) is 40.4 Å². The Bertz CT molecular complexity index is 965. The number of methoxy groups -OCH3 is 2. The van der Waals surface area contributed by atoms with Gasteiger partial charge in [-0.05, 0) is 29.8 Å². The predicted octanol–water partition coefficient (Wildman–Crippen LogP) is 1.90. The molecule has 1 N–H and O–H groups in total. The molecule has 0 saturated carbocycles. The third-order valence-corrected chi connectivity index (χ3v) is 8.19. The van der Waals surface area contributed by atoms with Gasteiger partial charge in [0.25, 0.3) is 10.0 Å². The molecule has 0 aliphatic carbocycles. The largest absolute Gasteiger partial charge is 0.493 e. The molecule has 158 valence electrons. The molecule has 2 heterocycles. The lowest BCUT2D eigenvalue weighted by Crippen LogP contribution is -2.48. The number of hydrogen-bond donors (Lipinski definition) is 1. The van der Waals surface area contributed by atoms with Gasteiger partial charge in [-0.2, -0.15) is 4.31 Å². The monoisotopic (exact) mass is 440 g/mol.